The number of rotatable bonds is 8. The van der Waals surface area contributed by atoms with E-state index in [0.29, 0.717) is 12.8 Å². The van der Waals surface area contributed by atoms with Gasteiger partial charge in [-0.2, -0.15) is 13.6 Å². The molecule has 1 saturated carbocycles. The number of imidazole rings is 1. The maximum atomic E-state index is 11.8. The van der Waals surface area contributed by atoms with Crippen molar-refractivity contribution in [3.8, 4) is 0 Å². The van der Waals surface area contributed by atoms with Crippen molar-refractivity contribution in [1.82, 2.24) is 19.5 Å². The number of nitrogen functional groups attached to an aromatic ring is 1. The van der Waals surface area contributed by atoms with Crippen molar-refractivity contribution in [1.29, 1.82) is 0 Å². The second-order valence-electron chi connectivity index (χ2n) is 6.15. The minimum absolute atomic E-state index is 0.0761. The summed E-state index contributed by atoms with van der Waals surface area (Å²) in [7, 11) is -16.1. The number of hydrogen-bond acceptors (Lipinski definition) is 10. The highest BCUT2D eigenvalue weighted by Gasteiger charge is 2.42. The molecule has 29 heavy (non-hydrogen) atoms. The smallest absolute Gasteiger partial charge is 0.369 e. The van der Waals surface area contributed by atoms with E-state index in [0.717, 1.165) is 0 Å². The van der Waals surface area contributed by atoms with Gasteiger partial charge in [0.1, 0.15) is 0 Å². The number of aromatic amines is 1. The van der Waals surface area contributed by atoms with Crippen LogP contribution in [0.15, 0.2) is 11.1 Å². The van der Waals surface area contributed by atoms with Crippen LogP contribution in [-0.2, 0) is 26.8 Å². The predicted octanol–water partition coefficient (Wildman–Crippen LogP) is -0.00380. The van der Waals surface area contributed by atoms with Crippen LogP contribution in [0.2, 0.25) is 0 Å². The van der Waals surface area contributed by atoms with Crippen molar-refractivity contribution in [2.75, 3.05) is 12.3 Å². The molecule has 16 nitrogen and oxygen atoms in total. The van der Waals surface area contributed by atoms with Gasteiger partial charge in [0.25, 0.3) is 5.56 Å². The highest BCUT2D eigenvalue weighted by atomic mass is 31.3. The summed E-state index contributed by atoms with van der Waals surface area (Å²) < 4.78 is 47.0. The average molecular weight is 475 g/mol. The second kappa shape index (κ2) is 7.67. The van der Waals surface area contributed by atoms with Crippen molar-refractivity contribution in [3.63, 3.8) is 0 Å². The van der Waals surface area contributed by atoms with E-state index in [4.69, 9.17) is 20.4 Å². The third-order valence-corrected chi connectivity index (χ3v) is 7.75. The van der Waals surface area contributed by atoms with Crippen LogP contribution in [0, 0.1) is 5.92 Å². The molecule has 0 aromatic carbocycles. The number of aromatic nitrogens is 4. The normalized spacial score (nSPS) is 24.0. The first-order valence-corrected chi connectivity index (χ1v) is 12.3. The van der Waals surface area contributed by atoms with Gasteiger partial charge in [-0.15, -0.1) is 0 Å². The third-order valence-electron chi connectivity index (χ3n) is 3.94. The fraction of sp³-hybridized carbons (Fsp3) is 0.500. The SMILES string of the molecule is Nc1nc2c(ncn2[C@H]2C[C@@H](COP(=O)(O)OP(=O)(O)OP(=O)(O)O)C2)c(=O)[nH]1. The summed E-state index contributed by atoms with van der Waals surface area (Å²) >= 11 is 0. The third kappa shape index (κ3) is 5.58. The summed E-state index contributed by atoms with van der Waals surface area (Å²) in [6.45, 7) is -0.358. The highest BCUT2D eigenvalue weighted by Crippen LogP contribution is 2.66. The molecule has 1 fully saturated rings. The quantitative estimate of drug-likeness (QED) is 0.275. The standard InChI is InChI=1S/C10H16N5O11P3/c11-10-13-8-7(9(16)14-10)12-4-15(8)6-1-5(2-6)3-24-28(20,21)26-29(22,23)25-27(17,18)19/h4-6H,1-3H2,(H,20,21)(H,22,23)(H2,17,18,19)(H3,11,13,14,16)/t5-,6+. The molecule has 0 amide bonds. The van der Waals surface area contributed by atoms with E-state index in [-0.39, 0.29) is 35.7 Å². The highest BCUT2D eigenvalue weighted by molar-refractivity contribution is 7.66. The summed E-state index contributed by atoms with van der Waals surface area (Å²) in [6, 6.07) is -0.150. The summed E-state index contributed by atoms with van der Waals surface area (Å²) in [6.07, 6.45) is 2.26. The lowest BCUT2D eigenvalue weighted by Crippen LogP contribution is -2.29. The zero-order valence-corrected chi connectivity index (χ0v) is 16.9. The Hall–Kier alpha value is -1.44. The van der Waals surface area contributed by atoms with E-state index in [1.165, 1.54) is 6.33 Å². The first-order valence-electron chi connectivity index (χ1n) is 7.75. The van der Waals surface area contributed by atoms with Gasteiger partial charge in [0.15, 0.2) is 11.2 Å². The van der Waals surface area contributed by atoms with Crippen LogP contribution in [-0.4, -0.2) is 45.7 Å². The molecule has 2 unspecified atom stereocenters. The average Bonchev–Trinajstić information content (AvgIpc) is 2.85. The Morgan fingerprint density at radius 2 is 1.83 bits per heavy atom. The molecule has 0 saturated heterocycles. The molecule has 2 aromatic heterocycles. The summed E-state index contributed by atoms with van der Waals surface area (Å²) in [5.41, 5.74) is 5.42. The van der Waals surface area contributed by atoms with Gasteiger partial charge in [-0.05, 0) is 18.8 Å². The largest absolute Gasteiger partial charge is 0.490 e. The Morgan fingerprint density at radius 3 is 2.45 bits per heavy atom. The molecule has 2 atom stereocenters. The van der Waals surface area contributed by atoms with Gasteiger partial charge in [-0.25, -0.2) is 18.7 Å². The Balaban J connectivity index is 1.56. The number of phosphoric acid groups is 3. The number of hydrogen-bond donors (Lipinski definition) is 6. The summed E-state index contributed by atoms with van der Waals surface area (Å²) in [5, 5.41) is 0. The fourth-order valence-corrected chi connectivity index (χ4v) is 5.87. The number of phosphoric ester groups is 1. The molecule has 7 N–H and O–H groups in total. The van der Waals surface area contributed by atoms with Crippen LogP contribution in [0.1, 0.15) is 18.9 Å². The lowest BCUT2D eigenvalue weighted by atomic mass is 9.81. The van der Waals surface area contributed by atoms with Crippen molar-refractivity contribution >= 4 is 40.6 Å². The second-order valence-corrected chi connectivity index (χ2v) is 10.6. The Labute approximate surface area is 161 Å². The van der Waals surface area contributed by atoms with Gasteiger partial charge in [0.2, 0.25) is 5.95 Å². The molecule has 3 rings (SSSR count). The van der Waals surface area contributed by atoms with Crippen LogP contribution < -0.4 is 11.3 Å². The molecular weight excluding hydrogens is 459 g/mol. The number of nitrogens with two attached hydrogens (primary N) is 1. The van der Waals surface area contributed by atoms with Crippen LogP contribution in [0.3, 0.4) is 0 Å². The van der Waals surface area contributed by atoms with E-state index < -0.39 is 29.0 Å². The van der Waals surface area contributed by atoms with Crippen LogP contribution >= 0.6 is 23.5 Å². The topological polar surface area (TPSA) is 249 Å². The van der Waals surface area contributed by atoms with E-state index in [1.807, 2.05) is 0 Å². The molecule has 2 heterocycles. The molecule has 162 valence electrons. The van der Waals surface area contributed by atoms with Gasteiger partial charge in [0, 0.05) is 6.04 Å². The first kappa shape index (κ1) is 22.2. The lowest BCUT2D eigenvalue weighted by molar-refractivity contribution is 0.0975. The Kier molecular flexibility index (Phi) is 5.89. The Morgan fingerprint density at radius 1 is 1.17 bits per heavy atom. The van der Waals surface area contributed by atoms with Gasteiger partial charge < -0.3 is 29.9 Å². The number of H-pyrrole nitrogens is 1. The van der Waals surface area contributed by atoms with Crippen LogP contribution in [0.25, 0.3) is 11.2 Å². The monoisotopic (exact) mass is 475 g/mol. The zero-order valence-electron chi connectivity index (χ0n) is 14.3. The van der Waals surface area contributed by atoms with Gasteiger partial charge in [0.05, 0.1) is 12.9 Å². The van der Waals surface area contributed by atoms with Gasteiger partial charge >= 0.3 is 23.5 Å². The molecule has 2 aromatic rings. The maximum absolute atomic E-state index is 11.8. The summed E-state index contributed by atoms with van der Waals surface area (Å²) in [4.78, 5) is 57.6. The first-order chi connectivity index (χ1) is 13.2. The molecular formula is C10H16N5O11P3. The van der Waals surface area contributed by atoms with E-state index >= 15 is 0 Å². The maximum Gasteiger partial charge on any atom is 0.490 e. The molecule has 0 bridgehead atoms. The minimum Gasteiger partial charge on any atom is -0.369 e. The molecule has 0 radical (unpaired) electrons. The fourth-order valence-electron chi connectivity index (χ4n) is 2.78. The molecule has 0 aliphatic heterocycles. The predicted molar refractivity (Wildman–Crippen MR) is 94.1 cm³/mol. The van der Waals surface area contributed by atoms with Gasteiger partial charge in [-0.1, -0.05) is 0 Å². The number of fused-ring (bicyclic) bond motifs is 1. The number of nitrogens with zero attached hydrogens (tertiary/aromatic N) is 3. The van der Waals surface area contributed by atoms with E-state index in [1.54, 1.807) is 4.57 Å². The molecule has 19 heteroatoms. The number of nitrogens with one attached hydrogen (secondary N) is 1. The lowest BCUT2D eigenvalue weighted by Gasteiger charge is -2.36. The molecule has 1 aliphatic rings. The minimum atomic E-state index is -5.54. The summed E-state index contributed by atoms with van der Waals surface area (Å²) in [5.74, 6) is -0.338. The molecule has 1 aliphatic carbocycles. The Bertz CT molecular complexity index is 1120. The van der Waals surface area contributed by atoms with Crippen molar-refractivity contribution < 1.29 is 46.4 Å². The molecule has 0 spiro atoms. The van der Waals surface area contributed by atoms with Crippen molar-refractivity contribution in [3.05, 3.63) is 16.7 Å². The van der Waals surface area contributed by atoms with Crippen LogP contribution in [0.5, 0.6) is 0 Å². The van der Waals surface area contributed by atoms with Crippen LogP contribution in [0.4, 0.5) is 5.95 Å². The van der Waals surface area contributed by atoms with Gasteiger partial charge in [-0.3, -0.25) is 14.3 Å². The van der Waals surface area contributed by atoms with E-state index in [9.17, 15) is 23.4 Å². The van der Waals surface area contributed by atoms with Crippen molar-refractivity contribution in [2.45, 2.75) is 18.9 Å². The zero-order chi connectivity index (χ0) is 21.6. The number of anilines is 1. The van der Waals surface area contributed by atoms with Crippen molar-refractivity contribution in [2.24, 2.45) is 5.92 Å². The van der Waals surface area contributed by atoms with E-state index in [2.05, 4.69) is 28.1 Å².